The summed E-state index contributed by atoms with van der Waals surface area (Å²) in [7, 11) is 0. The molecular weight excluding hydrogens is 362 g/mol. The number of carbonyl (C=O) groups excluding carboxylic acids is 1. The molecule has 1 atom stereocenters. The summed E-state index contributed by atoms with van der Waals surface area (Å²) in [5.74, 6) is 1.86. The van der Waals surface area contributed by atoms with E-state index in [1.165, 1.54) is 0 Å². The van der Waals surface area contributed by atoms with Gasteiger partial charge in [0.2, 0.25) is 0 Å². The summed E-state index contributed by atoms with van der Waals surface area (Å²) in [5.41, 5.74) is 4.25. The lowest BCUT2D eigenvalue weighted by atomic mass is 10.0. The Morgan fingerprint density at radius 1 is 1.14 bits per heavy atom. The summed E-state index contributed by atoms with van der Waals surface area (Å²) >= 11 is 0. The number of aromatic nitrogens is 2. The molecule has 5 nitrogen and oxygen atoms in total. The number of hydrogen-bond acceptors (Lipinski definition) is 3. The Bertz CT molecular complexity index is 991. The number of carbonyl (C=O) groups is 1. The SMILES string of the molecule is Cc1ccc(C(C)C)c(O[C@H](C)C(=O)NCc2ccccc2-n2ccnc2C)c1. The van der Waals surface area contributed by atoms with E-state index in [1.54, 1.807) is 13.1 Å². The minimum Gasteiger partial charge on any atom is -0.481 e. The van der Waals surface area contributed by atoms with Crippen LogP contribution >= 0.6 is 0 Å². The van der Waals surface area contributed by atoms with Crippen molar-refractivity contribution in [2.24, 2.45) is 0 Å². The van der Waals surface area contributed by atoms with Crippen LogP contribution in [0.4, 0.5) is 0 Å². The molecule has 0 aliphatic rings. The van der Waals surface area contributed by atoms with Crippen molar-refractivity contribution in [3.63, 3.8) is 0 Å². The van der Waals surface area contributed by atoms with E-state index in [4.69, 9.17) is 4.74 Å². The van der Waals surface area contributed by atoms with Crippen molar-refractivity contribution in [1.82, 2.24) is 14.9 Å². The van der Waals surface area contributed by atoms with Gasteiger partial charge < -0.3 is 14.6 Å². The Hall–Kier alpha value is -3.08. The van der Waals surface area contributed by atoms with Gasteiger partial charge in [-0.05, 0) is 55.5 Å². The zero-order chi connectivity index (χ0) is 21.0. The van der Waals surface area contributed by atoms with E-state index in [1.807, 2.05) is 54.9 Å². The fraction of sp³-hybridized carbons (Fsp3) is 0.333. The number of benzene rings is 2. The Labute approximate surface area is 172 Å². The van der Waals surface area contributed by atoms with Crippen molar-refractivity contribution >= 4 is 5.91 Å². The normalized spacial score (nSPS) is 12.1. The molecule has 3 aromatic rings. The zero-order valence-electron chi connectivity index (χ0n) is 17.8. The van der Waals surface area contributed by atoms with Crippen LogP contribution in [0.3, 0.4) is 0 Å². The lowest BCUT2D eigenvalue weighted by molar-refractivity contribution is -0.127. The van der Waals surface area contributed by atoms with Crippen LogP contribution in [0.15, 0.2) is 54.9 Å². The number of amides is 1. The smallest absolute Gasteiger partial charge is 0.261 e. The van der Waals surface area contributed by atoms with Gasteiger partial charge in [-0.2, -0.15) is 0 Å². The van der Waals surface area contributed by atoms with Crippen LogP contribution in [0.2, 0.25) is 0 Å². The minimum atomic E-state index is -0.587. The van der Waals surface area contributed by atoms with Gasteiger partial charge in [-0.15, -0.1) is 0 Å². The Morgan fingerprint density at radius 3 is 2.59 bits per heavy atom. The maximum atomic E-state index is 12.7. The second-order valence-electron chi connectivity index (χ2n) is 7.65. The van der Waals surface area contributed by atoms with E-state index in [0.29, 0.717) is 12.5 Å². The summed E-state index contributed by atoms with van der Waals surface area (Å²) < 4.78 is 8.05. The van der Waals surface area contributed by atoms with Crippen LogP contribution in [0.1, 0.15) is 49.2 Å². The van der Waals surface area contributed by atoms with Crippen LogP contribution < -0.4 is 10.1 Å². The third kappa shape index (κ3) is 4.86. The summed E-state index contributed by atoms with van der Waals surface area (Å²) in [6.45, 7) is 10.4. The van der Waals surface area contributed by atoms with Gasteiger partial charge in [-0.1, -0.05) is 44.2 Å². The topological polar surface area (TPSA) is 56.1 Å². The van der Waals surface area contributed by atoms with E-state index < -0.39 is 6.10 Å². The molecule has 1 amide bonds. The molecule has 0 radical (unpaired) electrons. The molecule has 0 aliphatic heterocycles. The van der Waals surface area contributed by atoms with Crippen LogP contribution in [0.25, 0.3) is 5.69 Å². The van der Waals surface area contributed by atoms with E-state index >= 15 is 0 Å². The largest absolute Gasteiger partial charge is 0.481 e. The van der Waals surface area contributed by atoms with E-state index in [2.05, 4.69) is 36.3 Å². The molecule has 0 spiro atoms. The summed E-state index contributed by atoms with van der Waals surface area (Å²) in [6, 6.07) is 14.1. The Kier molecular flexibility index (Phi) is 6.37. The van der Waals surface area contributed by atoms with Gasteiger partial charge >= 0.3 is 0 Å². The molecule has 2 aromatic carbocycles. The highest BCUT2D eigenvalue weighted by atomic mass is 16.5. The first-order valence-corrected chi connectivity index (χ1v) is 10.00. The second kappa shape index (κ2) is 8.95. The second-order valence-corrected chi connectivity index (χ2v) is 7.65. The molecular formula is C24H29N3O2. The average Bonchev–Trinajstić information content (AvgIpc) is 3.11. The first kappa shape index (κ1) is 20.6. The molecule has 29 heavy (non-hydrogen) atoms. The monoisotopic (exact) mass is 391 g/mol. The van der Waals surface area contributed by atoms with E-state index in [-0.39, 0.29) is 5.91 Å². The molecule has 152 valence electrons. The minimum absolute atomic E-state index is 0.140. The van der Waals surface area contributed by atoms with Gasteiger partial charge in [-0.25, -0.2) is 4.98 Å². The van der Waals surface area contributed by atoms with Crippen LogP contribution in [-0.4, -0.2) is 21.6 Å². The van der Waals surface area contributed by atoms with Gasteiger partial charge in [0.15, 0.2) is 6.10 Å². The predicted molar refractivity (Wildman–Crippen MR) is 116 cm³/mol. The van der Waals surface area contributed by atoms with Gasteiger partial charge in [0.1, 0.15) is 11.6 Å². The Balaban J connectivity index is 1.70. The fourth-order valence-corrected chi connectivity index (χ4v) is 3.32. The van der Waals surface area contributed by atoms with Gasteiger partial charge in [0, 0.05) is 18.9 Å². The van der Waals surface area contributed by atoms with Crippen LogP contribution in [0, 0.1) is 13.8 Å². The van der Waals surface area contributed by atoms with Crippen molar-refractivity contribution in [3.05, 3.63) is 77.4 Å². The first-order chi connectivity index (χ1) is 13.9. The Morgan fingerprint density at radius 2 is 1.90 bits per heavy atom. The molecule has 0 saturated heterocycles. The maximum absolute atomic E-state index is 12.7. The lowest BCUT2D eigenvalue weighted by Crippen LogP contribution is -2.36. The number of ether oxygens (including phenoxy) is 1. The van der Waals surface area contributed by atoms with Crippen molar-refractivity contribution in [2.45, 2.75) is 53.2 Å². The molecule has 1 heterocycles. The number of nitrogens with one attached hydrogen (secondary N) is 1. The number of para-hydroxylation sites is 1. The highest BCUT2D eigenvalue weighted by Gasteiger charge is 2.18. The van der Waals surface area contributed by atoms with Crippen LogP contribution in [0.5, 0.6) is 5.75 Å². The maximum Gasteiger partial charge on any atom is 0.261 e. The van der Waals surface area contributed by atoms with Crippen molar-refractivity contribution < 1.29 is 9.53 Å². The quantitative estimate of drug-likeness (QED) is 0.635. The molecule has 5 heteroatoms. The fourth-order valence-electron chi connectivity index (χ4n) is 3.32. The highest BCUT2D eigenvalue weighted by Crippen LogP contribution is 2.28. The molecule has 1 aromatic heterocycles. The van der Waals surface area contributed by atoms with E-state index in [0.717, 1.165) is 34.0 Å². The van der Waals surface area contributed by atoms with Crippen molar-refractivity contribution in [2.75, 3.05) is 0 Å². The zero-order valence-corrected chi connectivity index (χ0v) is 17.8. The van der Waals surface area contributed by atoms with Crippen LogP contribution in [-0.2, 0) is 11.3 Å². The van der Waals surface area contributed by atoms with Crippen molar-refractivity contribution in [3.8, 4) is 11.4 Å². The molecule has 0 bridgehead atoms. The summed E-state index contributed by atoms with van der Waals surface area (Å²) in [4.78, 5) is 17.0. The third-order valence-corrected chi connectivity index (χ3v) is 4.99. The molecule has 0 fully saturated rings. The highest BCUT2D eigenvalue weighted by molar-refractivity contribution is 5.80. The average molecular weight is 392 g/mol. The predicted octanol–water partition coefficient (Wildman–Crippen LogP) is 4.70. The van der Waals surface area contributed by atoms with Gasteiger partial charge in [0.25, 0.3) is 5.91 Å². The number of aryl methyl sites for hydroxylation is 2. The molecule has 0 aliphatic carbocycles. The van der Waals surface area contributed by atoms with E-state index in [9.17, 15) is 4.79 Å². The number of rotatable bonds is 7. The molecule has 3 rings (SSSR count). The first-order valence-electron chi connectivity index (χ1n) is 10.00. The number of hydrogen-bond donors (Lipinski definition) is 1. The summed E-state index contributed by atoms with van der Waals surface area (Å²) in [6.07, 6.45) is 3.11. The standard InChI is InChI=1S/C24H29N3O2/c1-16(2)21-11-10-17(3)14-23(21)29-18(4)24(28)26-15-20-8-6-7-9-22(20)27-13-12-25-19(27)5/h6-14,16,18H,15H2,1-5H3,(H,26,28)/t18-/m1/s1. The number of nitrogens with zero attached hydrogens (tertiary/aromatic N) is 2. The number of imidazole rings is 1. The molecule has 0 unspecified atom stereocenters. The molecule has 0 saturated carbocycles. The summed E-state index contributed by atoms with van der Waals surface area (Å²) in [5, 5.41) is 3.01. The van der Waals surface area contributed by atoms with Crippen molar-refractivity contribution in [1.29, 1.82) is 0 Å². The molecule has 1 N–H and O–H groups in total. The van der Waals surface area contributed by atoms with Gasteiger partial charge in [0.05, 0.1) is 5.69 Å². The lowest BCUT2D eigenvalue weighted by Gasteiger charge is -2.20. The third-order valence-electron chi connectivity index (χ3n) is 4.99. The van der Waals surface area contributed by atoms with Gasteiger partial charge in [-0.3, -0.25) is 4.79 Å².